The van der Waals surface area contributed by atoms with Crippen molar-refractivity contribution in [3.63, 3.8) is 0 Å². The molecule has 0 bridgehead atoms. The highest BCUT2D eigenvalue weighted by Gasteiger charge is 2.30. The highest BCUT2D eigenvalue weighted by Crippen LogP contribution is 2.08. The first-order chi connectivity index (χ1) is 11.8. The molecule has 0 rings (SSSR count). The maximum absolute atomic E-state index is 12.4. The van der Waals surface area contributed by atoms with Gasteiger partial charge < -0.3 is 9.64 Å². The predicted octanol–water partition coefficient (Wildman–Crippen LogP) is 2.98. The Hall–Kier alpha value is -0.860. The van der Waals surface area contributed by atoms with Crippen LogP contribution in [-0.4, -0.2) is 62.5 Å². The maximum Gasteiger partial charge on any atom is 0.424 e. The molecule has 25 heavy (non-hydrogen) atoms. The van der Waals surface area contributed by atoms with Gasteiger partial charge in [-0.3, -0.25) is 0 Å². The number of hydrogen-bond acceptors (Lipinski definition) is 5. The Bertz CT molecular complexity index is 447. The van der Waals surface area contributed by atoms with E-state index in [1.54, 1.807) is 20.8 Å². The van der Waals surface area contributed by atoms with E-state index in [1.165, 1.54) is 0 Å². The molecule has 1 amide bonds. The normalized spacial score (nSPS) is 12.0. The summed E-state index contributed by atoms with van der Waals surface area (Å²) in [6.07, 6.45) is 4.48. The van der Waals surface area contributed by atoms with E-state index in [-0.39, 0.29) is 6.61 Å². The summed E-state index contributed by atoms with van der Waals surface area (Å²) >= 11 is 0. The van der Waals surface area contributed by atoms with Crippen molar-refractivity contribution in [3.05, 3.63) is 0 Å². The van der Waals surface area contributed by atoms with E-state index in [4.69, 9.17) is 4.74 Å². The van der Waals surface area contributed by atoms with Crippen molar-refractivity contribution in [2.24, 2.45) is 0 Å². The van der Waals surface area contributed by atoms with Crippen LogP contribution in [0.15, 0.2) is 0 Å². The molecule has 7 nitrogen and oxygen atoms in total. The number of hydrogen-bond donors (Lipinski definition) is 1. The first-order valence-electron chi connectivity index (χ1n) is 9.48. The number of amides is 1. The minimum absolute atomic E-state index is 0.140. The molecule has 0 atom stereocenters. The van der Waals surface area contributed by atoms with Crippen molar-refractivity contribution in [1.29, 1.82) is 0 Å². The van der Waals surface area contributed by atoms with Gasteiger partial charge in [-0.2, -0.15) is 17.4 Å². The summed E-state index contributed by atoms with van der Waals surface area (Å²) in [7, 11) is -3.88. The average molecular weight is 380 g/mol. The van der Waals surface area contributed by atoms with Gasteiger partial charge in [0, 0.05) is 12.6 Å². The molecule has 0 aliphatic rings. The lowest BCUT2D eigenvalue weighted by molar-refractivity contribution is 0.124. The van der Waals surface area contributed by atoms with E-state index < -0.39 is 22.3 Å². The molecule has 0 fully saturated rings. The molecule has 0 aromatic carbocycles. The molecule has 0 aliphatic heterocycles. The largest absolute Gasteiger partial charge is 0.449 e. The molecule has 1 N–H and O–H groups in total. The van der Waals surface area contributed by atoms with Gasteiger partial charge in [-0.05, 0) is 59.7 Å². The minimum Gasteiger partial charge on any atom is -0.449 e. The highest BCUT2D eigenvalue weighted by atomic mass is 32.2. The van der Waals surface area contributed by atoms with Gasteiger partial charge in [0.05, 0.1) is 6.61 Å². The number of rotatable bonds is 14. The van der Waals surface area contributed by atoms with E-state index >= 15 is 0 Å². The number of carbonyl (C=O) groups excluding carboxylic acids is 1. The van der Waals surface area contributed by atoms with E-state index in [9.17, 15) is 13.2 Å². The fraction of sp³-hybridized carbons (Fsp3) is 0.941. The van der Waals surface area contributed by atoms with Crippen molar-refractivity contribution in [3.8, 4) is 0 Å². The molecular weight excluding hydrogens is 342 g/mol. The van der Waals surface area contributed by atoms with Crippen molar-refractivity contribution >= 4 is 16.3 Å². The second-order valence-electron chi connectivity index (χ2n) is 6.39. The molecule has 0 aromatic rings. The highest BCUT2D eigenvalue weighted by molar-refractivity contribution is 7.87. The second-order valence-corrected chi connectivity index (χ2v) is 8.02. The van der Waals surface area contributed by atoms with Crippen molar-refractivity contribution in [1.82, 2.24) is 13.9 Å². The smallest absolute Gasteiger partial charge is 0.424 e. The molecule has 0 radical (unpaired) electrons. The first kappa shape index (κ1) is 24.1. The molecule has 0 aliphatic carbocycles. The van der Waals surface area contributed by atoms with Gasteiger partial charge >= 0.3 is 16.3 Å². The van der Waals surface area contributed by atoms with Gasteiger partial charge in [0.1, 0.15) is 0 Å². The quantitative estimate of drug-likeness (QED) is 0.469. The van der Waals surface area contributed by atoms with Gasteiger partial charge in [0.2, 0.25) is 0 Å². The molecule has 0 heterocycles. The van der Waals surface area contributed by atoms with Gasteiger partial charge in [-0.1, -0.05) is 26.7 Å². The van der Waals surface area contributed by atoms with Crippen molar-refractivity contribution < 1.29 is 17.9 Å². The van der Waals surface area contributed by atoms with Crippen molar-refractivity contribution in [2.45, 2.75) is 72.8 Å². The van der Waals surface area contributed by atoms with Crippen LogP contribution in [0.1, 0.15) is 66.7 Å². The van der Waals surface area contributed by atoms with Crippen LogP contribution in [0.5, 0.6) is 0 Å². The molecule has 150 valence electrons. The Labute approximate surface area is 154 Å². The number of ether oxygens (including phenoxy) is 1. The second kappa shape index (κ2) is 13.4. The maximum atomic E-state index is 12.4. The number of unbranched alkanes of at least 4 members (excludes halogenated alkanes) is 2. The molecular formula is C17H37N3O4S. The average Bonchev–Trinajstić information content (AvgIpc) is 2.52. The van der Waals surface area contributed by atoms with Gasteiger partial charge in [0.25, 0.3) is 0 Å². The van der Waals surface area contributed by atoms with Gasteiger partial charge in [-0.25, -0.2) is 4.79 Å². The summed E-state index contributed by atoms with van der Waals surface area (Å²) < 4.78 is 32.9. The third-order valence-corrected chi connectivity index (χ3v) is 5.42. The first-order valence-corrected chi connectivity index (χ1v) is 10.9. The Morgan fingerprint density at radius 1 is 1.00 bits per heavy atom. The zero-order chi connectivity index (χ0) is 19.3. The number of carbonyl (C=O) groups is 1. The lowest BCUT2D eigenvalue weighted by Crippen LogP contribution is -2.48. The third-order valence-electron chi connectivity index (χ3n) is 3.77. The molecule has 8 heteroatoms. The van der Waals surface area contributed by atoms with Crippen LogP contribution >= 0.6 is 0 Å². The van der Waals surface area contributed by atoms with Crippen LogP contribution in [0.25, 0.3) is 0 Å². The van der Waals surface area contributed by atoms with Crippen LogP contribution in [0.4, 0.5) is 4.79 Å². The molecule has 0 saturated carbocycles. The van der Waals surface area contributed by atoms with Gasteiger partial charge in [-0.15, -0.1) is 0 Å². The summed E-state index contributed by atoms with van der Waals surface area (Å²) in [5.41, 5.74) is 0. The molecule has 0 unspecified atom stereocenters. The fourth-order valence-electron chi connectivity index (χ4n) is 2.45. The minimum atomic E-state index is -3.88. The van der Waals surface area contributed by atoms with Crippen LogP contribution in [-0.2, 0) is 14.9 Å². The fourth-order valence-corrected chi connectivity index (χ4v) is 3.79. The number of nitrogens with zero attached hydrogens (tertiary/aromatic N) is 2. The predicted molar refractivity (Wildman–Crippen MR) is 102 cm³/mol. The van der Waals surface area contributed by atoms with E-state index in [1.807, 2.05) is 0 Å². The van der Waals surface area contributed by atoms with Crippen LogP contribution in [0, 0.1) is 0 Å². The van der Waals surface area contributed by atoms with Crippen LogP contribution in [0.2, 0.25) is 0 Å². The van der Waals surface area contributed by atoms with E-state index in [2.05, 4.69) is 23.5 Å². The SMILES string of the molecule is CCCCN(CCCC)CCCNS(=O)(=O)N(C(=O)OCC)C(C)C. The molecule has 0 aromatic heterocycles. The molecule has 0 spiro atoms. The lowest BCUT2D eigenvalue weighted by Gasteiger charge is -2.26. The van der Waals surface area contributed by atoms with Gasteiger partial charge in [0.15, 0.2) is 0 Å². The summed E-state index contributed by atoms with van der Waals surface area (Å²) in [5, 5.41) is 0. The summed E-state index contributed by atoms with van der Waals surface area (Å²) in [4.78, 5) is 14.3. The zero-order valence-corrected chi connectivity index (χ0v) is 17.4. The van der Waals surface area contributed by atoms with E-state index in [0.29, 0.717) is 13.0 Å². The number of nitrogens with one attached hydrogen (secondary N) is 1. The molecule has 0 saturated heterocycles. The van der Waals surface area contributed by atoms with Crippen LogP contribution < -0.4 is 4.72 Å². The zero-order valence-electron chi connectivity index (χ0n) is 16.6. The Morgan fingerprint density at radius 3 is 1.96 bits per heavy atom. The Balaban J connectivity index is 4.52. The standard InChI is InChI=1S/C17H37N3O4S/c1-6-9-13-19(14-10-7-2)15-11-12-18-25(22,23)20(16(4)5)17(21)24-8-3/h16,18H,6-15H2,1-5H3. The summed E-state index contributed by atoms with van der Waals surface area (Å²) in [5.74, 6) is 0. The topological polar surface area (TPSA) is 79.0 Å². The third kappa shape index (κ3) is 10.0. The Kier molecular flexibility index (Phi) is 12.9. The Morgan fingerprint density at radius 2 is 1.52 bits per heavy atom. The van der Waals surface area contributed by atoms with Crippen LogP contribution in [0.3, 0.4) is 0 Å². The van der Waals surface area contributed by atoms with E-state index in [0.717, 1.165) is 49.6 Å². The van der Waals surface area contributed by atoms with Crippen molar-refractivity contribution in [2.75, 3.05) is 32.8 Å². The monoisotopic (exact) mass is 379 g/mol. The lowest BCUT2D eigenvalue weighted by atomic mass is 10.2. The summed E-state index contributed by atoms with van der Waals surface area (Å²) in [6.45, 7) is 12.7. The summed E-state index contributed by atoms with van der Waals surface area (Å²) in [6, 6.07) is -0.498.